The highest BCUT2D eigenvalue weighted by atomic mass is 35.5. The van der Waals surface area contributed by atoms with Gasteiger partial charge in [-0.1, -0.05) is 35.0 Å². The van der Waals surface area contributed by atoms with E-state index in [2.05, 4.69) is 10.1 Å². The largest absolute Gasteiger partial charge is 0.339 e. The SMILES string of the molecule is O=C1CC(c2nc(-c3ccc(Cl)c(F)c3)no2)CN1c1ccccc1. The summed E-state index contributed by atoms with van der Waals surface area (Å²) in [7, 11) is 0. The molecule has 1 amide bonds. The molecule has 1 atom stereocenters. The Hall–Kier alpha value is -2.73. The van der Waals surface area contributed by atoms with E-state index in [0.717, 1.165) is 5.69 Å². The molecule has 1 unspecified atom stereocenters. The number of para-hydroxylation sites is 1. The van der Waals surface area contributed by atoms with Crippen LogP contribution in [-0.2, 0) is 4.79 Å². The van der Waals surface area contributed by atoms with E-state index in [-0.39, 0.29) is 22.7 Å². The molecule has 4 rings (SSSR count). The summed E-state index contributed by atoms with van der Waals surface area (Å²) in [5.74, 6) is -0.0790. The summed E-state index contributed by atoms with van der Waals surface area (Å²) in [4.78, 5) is 18.3. The summed E-state index contributed by atoms with van der Waals surface area (Å²) in [6, 6.07) is 13.8. The number of anilines is 1. The number of halogens is 2. The molecular formula is C18H13ClFN3O2. The molecule has 2 aromatic carbocycles. The topological polar surface area (TPSA) is 59.2 Å². The Kier molecular flexibility index (Phi) is 3.97. The Morgan fingerprint density at radius 2 is 2.00 bits per heavy atom. The van der Waals surface area contributed by atoms with E-state index in [1.165, 1.54) is 12.1 Å². The van der Waals surface area contributed by atoms with Crippen LogP contribution in [0.3, 0.4) is 0 Å². The van der Waals surface area contributed by atoms with E-state index in [9.17, 15) is 9.18 Å². The van der Waals surface area contributed by atoms with Crippen molar-refractivity contribution in [1.29, 1.82) is 0 Å². The van der Waals surface area contributed by atoms with Gasteiger partial charge < -0.3 is 9.42 Å². The molecule has 25 heavy (non-hydrogen) atoms. The van der Waals surface area contributed by atoms with Gasteiger partial charge in [0, 0.05) is 24.2 Å². The Bertz CT molecular complexity index is 929. The Morgan fingerprint density at radius 3 is 2.76 bits per heavy atom. The second-order valence-electron chi connectivity index (χ2n) is 5.83. The first-order valence-electron chi connectivity index (χ1n) is 7.76. The van der Waals surface area contributed by atoms with Gasteiger partial charge in [-0.2, -0.15) is 4.98 Å². The number of rotatable bonds is 3. The third-order valence-corrected chi connectivity index (χ3v) is 4.47. The summed E-state index contributed by atoms with van der Waals surface area (Å²) in [5, 5.41) is 3.93. The lowest BCUT2D eigenvalue weighted by molar-refractivity contribution is -0.117. The molecule has 5 nitrogen and oxygen atoms in total. The van der Waals surface area contributed by atoms with Gasteiger partial charge in [0.1, 0.15) is 5.82 Å². The van der Waals surface area contributed by atoms with Crippen LogP contribution in [0.4, 0.5) is 10.1 Å². The fourth-order valence-corrected chi connectivity index (χ4v) is 3.00. The number of amides is 1. The van der Waals surface area contributed by atoms with Crippen molar-refractivity contribution in [3.63, 3.8) is 0 Å². The molecule has 0 bridgehead atoms. The van der Waals surface area contributed by atoms with Crippen LogP contribution in [0.15, 0.2) is 53.1 Å². The first-order chi connectivity index (χ1) is 12.1. The predicted octanol–water partition coefficient (Wildman–Crippen LogP) is 4.05. The second kappa shape index (κ2) is 6.29. The zero-order valence-corrected chi connectivity index (χ0v) is 13.8. The normalized spacial score (nSPS) is 17.3. The minimum absolute atomic E-state index is 0.00786. The fraction of sp³-hybridized carbons (Fsp3) is 0.167. The van der Waals surface area contributed by atoms with Gasteiger partial charge in [-0.3, -0.25) is 4.79 Å². The molecule has 0 saturated carbocycles. The Labute approximate surface area is 148 Å². The number of hydrogen-bond donors (Lipinski definition) is 0. The van der Waals surface area contributed by atoms with Crippen molar-refractivity contribution in [1.82, 2.24) is 10.1 Å². The van der Waals surface area contributed by atoms with Crippen molar-refractivity contribution < 1.29 is 13.7 Å². The minimum Gasteiger partial charge on any atom is -0.339 e. The van der Waals surface area contributed by atoms with Crippen LogP contribution in [0.2, 0.25) is 5.02 Å². The van der Waals surface area contributed by atoms with Gasteiger partial charge >= 0.3 is 0 Å². The molecule has 1 fully saturated rings. The maximum Gasteiger partial charge on any atom is 0.232 e. The first kappa shape index (κ1) is 15.8. The third kappa shape index (κ3) is 3.00. The zero-order chi connectivity index (χ0) is 17.4. The van der Waals surface area contributed by atoms with Crippen LogP contribution in [0, 0.1) is 5.82 Å². The van der Waals surface area contributed by atoms with Crippen molar-refractivity contribution in [3.05, 3.63) is 65.3 Å². The second-order valence-corrected chi connectivity index (χ2v) is 6.23. The summed E-state index contributed by atoms with van der Waals surface area (Å²) in [6.07, 6.45) is 0.297. The average Bonchev–Trinajstić information content (AvgIpc) is 3.25. The van der Waals surface area contributed by atoms with Crippen molar-refractivity contribution in [2.24, 2.45) is 0 Å². The number of carbonyl (C=O) groups is 1. The van der Waals surface area contributed by atoms with Crippen LogP contribution in [0.5, 0.6) is 0 Å². The van der Waals surface area contributed by atoms with E-state index in [4.69, 9.17) is 16.1 Å². The molecule has 2 heterocycles. The number of hydrogen-bond acceptors (Lipinski definition) is 4. The van der Waals surface area contributed by atoms with Crippen molar-refractivity contribution >= 4 is 23.2 Å². The lowest BCUT2D eigenvalue weighted by Crippen LogP contribution is -2.24. The van der Waals surface area contributed by atoms with Crippen LogP contribution in [-0.4, -0.2) is 22.6 Å². The lowest BCUT2D eigenvalue weighted by atomic mass is 10.1. The molecule has 0 aliphatic carbocycles. The number of aromatic nitrogens is 2. The quantitative estimate of drug-likeness (QED) is 0.709. The molecule has 1 saturated heterocycles. The average molecular weight is 358 g/mol. The van der Waals surface area contributed by atoms with Gasteiger partial charge in [0.25, 0.3) is 0 Å². The van der Waals surface area contributed by atoms with Crippen LogP contribution < -0.4 is 4.90 Å². The number of benzene rings is 2. The van der Waals surface area contributed by atoms with Crippen LogP contribution >= 0.6 is 11.6 Å². The van der Waals surface area contributed by atoms with Crippen LogP contribution in [0.1, 0.15) is 18.2 Å². The van der Waals surface area contributed by atoms with E-state index in [1.54, 1.807) is 11.0 Å². The first-order valence-corrected chi connectivity index (χ1v) is 8.14. The molecule has 7 heteroatoms. The number of nitrogens with zero attached hydrogens (tertiary/aromatic N) is 3. The van der Waals surface area contributed by atoms with E-state index in [1.807, 2.05) is 30.3 Å². The molecule has 1 aliphatic heterocycles. The molecule has 126 valence electrons. The van der Waals surface area contributed by atoms with Gasteiger partial charge in [0.15, 0.2) is 0 Å². The minimum atomic E-state index is -0.545. The smallest absolute Gasteiger partial charge is 0.232 e. The molecule has 1 aliphatic rings. The van der Waals surface area contributed by atoms with Gasteiger partial charge in [0.2, 0.25) is 17.6 Å². The van der Waals surface area contributed by atoms with Crippen LogP contribution in [0.25, 0.3) is 11.4 Å². The highest BCUT2D eigenvalue weighted by Gasteiger charge is 2.35. The molecule has 0 spiro atoms. The molecule has 0 N–H and O–H groups in total. The summed E-state index contributed by atoms with van der Waals surface area (Å²) < 4.78 is 18.9. The lowest BCUT2D eigenvalue weighted by Gasteiger charge is -2.15. The maximum absolute atomic E-state index is 13.6. The summed E-state index contributed by atoms with van der Waals surface area (Å²) in [5.41, 5.74) is 1.32. The van der Waals surface area contributed by atoms with E-state index < -0.39 is 5.82 Å². The van der Waals surface area contributed by atoms with Gasteiger partial charge in [0.05, 0.1) is 10.9 Å². The van der Waals surface area contributed by atoms with E-state index >= 15 is 0 Å². The highest BCUT2D eigenvalue weighted by Crippen LogP contribution is 2.32. The Morgan fingerprint density at radius 1 is 1.20 bits per heavy atom. The van der Waals surface area contributed by atoms with E-state index in [0.29, 0.717) is 24.4 Å². The number of carbonyl (C=O) groups excluding carboxylic acids is 1. The molecular weight excluding hydrogens is 345 g/mol. The van der Waals surface area contributed by atoms with Gasteiger partial charge in [-0.05, 0) is 30.3 Å². The zero-order valence-electron chi connectivity index (χ0n) is 13.0. The van der Waals surface area contributed by atoms with Crippen molar-refractivity contribution in [3.8, 4) is 11.4 Å². The van der Waals surface area contributed by atoms with Crippen molar-refractivity contribution in [2.75, 3.05) is 11.4 Å². The predicted molar refractivity (Wildman–Crippen MR) is 90.9 cm³/mol. The standard InChI is InChI=1S/C18H13ClFN3O2/c19-14-7-6-11(8-15(14)20)17-21-18(25-22-17)12-9-16(24)23(10-12)13-4-2-1-3-5-13/h1-8,12H,9-10H2. The van der Waals surface area contributed by atoms with Gasteiger partial charge in [-0.25, -0.2) is 4.39 Å². The monoisotopic (exact) mass is 357 g/mol. The maximum atomic E-state index is 13.6. The van der Waals surface area contributed by atoms with Gasteiger partial charge in [-0.15, -0.1) is 0 Å². The molecule has 1 aromatic heterocycles. The molecule has 3 aromatic rings. The molecule has 0 radical (unpaired) electrons. The summed E-state index contributed by atoms with van der Waals surface area (Å²) in [6.45, 7) is 0.472. The fourth-order valence-electron chi connectivity index (χ4n) is 2.88. The summed E-state index contributed by atoms with van der Waals surface area (Å²) >= 11 is 5.68. The Balaban J connectivity index is 1.56. The third-order valence-electron chi connectivity index (χ3n) is 4.16. The highest BCUT2D eigenvalue weighted by molar-refractivity contribution is 6.30. The van der Waals surface area contributed by atoms with Crippen molar-refractivity contribution in [2.45, 2.75) is 12.3 Å².